The second kappa shape index (κ2) is 5.45. The number of nitrogens with one attached hydrogen (secondary N) is 1. The second-order valence-electron chi connectivity index (χ2n) is 5.29. The third kappa shape index (κ3) is 2.40. The van der Waals surface area contributed by atoms with Crippen LogP contribution >= 0.6 is 0 Å². The highest BCUT2D eigenvalue weighted by Crippen LogP contribution is 2.32. The second-order valence-corrected chi connectivity index (χ2v) is 5.29. The van der Waals surface area contributed by atoms with Crippen LogP contribution in [0.2, 0.25) is 0 Å². The summed E-state index contributed by atoms with van der Waals surface area (Å²) in [6.07, 6.45) is 0.852. The highest BCUT2D eigenvalue weighted by molar-refractivity contribution is 5.44. The molecule has 1 aliphatic heterocycles. The molecule has 0 saturated heterocycles. The summed E-state index contributed by atoms with van der Waals surface area (Å²) in [5.41, 5.74) is 2.65. The molecule has 1 heterocycles. The lowest BCUT2D eigenvalue weighted by Gasteiger charge is -2.19. The molecule has 0 radical (unpaired) electrons. The monoisotopic (exact) mass is 289 g/mol. The predicted molar refractivity (Wildman–Crippen MR) is 77.6 cm³/mol. The van der Waals surface area contributed by atoms with Crippen molar-refractivity contribution < 1.29 is 13.5 Å². The molecule has 0 amide bonds. The van der Waals surface area contributed by atoms with Gasteiger partial charge in [0.25, 0.3) is 0 Å². The Balaban J connectivity index is 2.05. The standard InChI is InChI=1S/C17H17F2NO/c1-10-3-5-13(16(19)15(10)18)17(20-2)12-4-6-14-11(9-12)7-8-21-14/h3-6,9,17,20H,7-8H2,1-2H3. The van der Waals surface area contributed by atoms with Gasteiger partial charge in [-0.25, -0.2) is 8.78 Å². The maximum atomic E-state index is 14.2. The van der Waals surface area contributed by atoms with Gasteiger partial charge in [0.15, 0.2) is 11.6 Å². The molecule has 0 aliphatic carbocycles. The topological polar surface area (TPSA) is 21.3 Å². The zero-order chi connectivity index (χ0) is 15.0. The molecule has 1 unspecified atom stereocenters. The summed E-state index contributed by atoms with van der Waals surface area (Å²) in [7, 11) is 1.74. The van der Waals surface area contributed by atoms with Crippen LogP contribution in [0.5, 0.6) is 5.75 Å². The van der Waals surface area contributed by atoms with E-state index >= 15 is 0 Å². The maximum Gasteiger partial charge on any atom is 0.164 e. The summed E-state index contributed by atoms with van der Waals surface area (Å²) in [4.78, 5) is 0. The quantitative estimate of drug-likeness (QED) is 0.933. The summed E-state index contributed by atoms with van der Waals surface area (Å²) in [5, 5.41) is 3.07. The first kappa shape index (κ1) is 14.0. The van der Waals surface area contributed by atoms with Crippen molar-refractivity contribution in [3.63, 3.8) is 0 Å². The van der Waals surface area contributed by atoms with Crippen LogP contribution in [-0.4, -0.2) is 13.7 Å². The molecule has 0 saturated carbocycles. The first-order valence-electron chi connectivity index (χ1n) is 6.99. The summed E-state index contributed by atoms with van der Waals surface area (Å²) in [5.74, 6) is -0.687. The van der Waals surface area contributed by atoms with Crippen molar-refractivity contribution in [2.24, 2.45) is 0 Å². The van der Waals surface area contributed by atoms with Crippen molar-refractivity contribution in [2.75, 3.05) is 13.7 Å². The lowest BCUT2D eigenvalue weighted by Crippen LogP contribution is -2.19. The molecule has 1 N–H and O–H groups in total. The Hall–Kier alpha value is -1.94. The molecule has 0 spiro atoms. The van der Waals surface area contributed by atoms with E-state index in [2.05, 4.69) is 5.32 Å². The normalized spacial score (nSPS) is 14.7. The first-order valence-corrected chi connectivity index (χ1v) is 6.99. The van der Waals surface area contributed by atoms with E-state index in [0.29, 0.717) is 17.7 Å². The zero-order valence-corrected chi connectivity index (χ0v) is 12.0. The van der Waals surface area contributed by atoms with Gasteiger partial charge in [0.2, 0.25) is 0 Å². The number of fused-ring (bicyclic) bond motifs is 1. The number of rotatable bonds is 3. The van der Waals surface area contributed by atoms with Crippen LogP contribution in [0.1, 0.15) is 28.3 Å². The Morgan fingerprint density at radius 3 is 2.71 bits per heavy atom. The van der Waals surface area contributed by atoms with Crippen molar-refractivity contribution in [1.82, 2.24) is 5.32 Å². The van der Waals surface area contributed by atoms with E-state index in [-0.39, 0.29) is 6.04 Å². The van der Waals surface area contributed by atoms with Gasteiger partial charge in [0.05, 0.1) is 12.6 Å². The fourth-order valence-electron chi connectivity index (χ4n) is 2.77. The molecule has 0 aromatic heterocycles. The van der Waals surface area contributed by atoms with Gasteiger partial charge in [-0.1, -0.05) is 24.3 Å². The van der Waals surface area contributed by atoms with E-state index in [0.717, 1.165) is 23.3 Å². The van der Waals surface area contributed by atoms with Crippen LogP contribution < -0.4 is 10.1 Å². The van der Waals surface area contributed by atoms with E-state index in [1.807, 2.05) is 18.2 Å². The first-order chi connectivity index (χ1) is 10.1. The molecule has 2 aromatic rings. The molecule has 2 nitrogen and oxygen atoms in total. The van der Waals surface area contributed by atoms with Gasteiger partial charge < -0.3 is 10.1 Å². The Morgan fingerprint density at radius 1 is 1.14 bits per heavy atom. The summed E-state index contributed by atoms with van der Waals surface area (Å²) in [6, 6.07) is 8.65. The van der Waals surface area contributed by atoms with Crippen LogP contribution in [0, 0.1) is 18.6 Å². The van der Waals surface area contributed by atoms with Crippen molar-refractivity contribution in [1.29, 1.82) is 0 Å². The molecule has 2 aromatic carbocycles. The Labute approximate surface area is 122 Å². The van der Waals surface area contributed by atoms with E-state index in [9.17, 15) is 8.78 Å². The average molecular weight is 289 g/mol. The maximum absolute atomic E-state index is 14.2. The summed E-state index contributed by atoms with van der Waals surface area (Å²) in [6.45, 7) is 2.24. The lowest BCUT2D eigenvalue weighted by atomic mass is 9.95. The minimum absolute atomic E-state index is 0.313. The van der Waals surface area contributed by atoms with Gasteiger partial charge in [-0.3, -0.25) is 0 Å². The minimum Gasteiger partial charge on any atom is -0.493 e. The van der Waals surface area contributed by atoms with E-state index in [1.165, 1.54) is 0 Å². The average Bonchev–Trinajstić information content (AvgIpc) is 2.95. The molecule has 110 valence electrons. The molecule has 1 aliphatic rings. The number of aryl methyl sites for hydroxylation is 1. The fourth-order valence-corrected chi connectivity index (χ4v) is 2.77. The number of benzene rings is 2. The van der Waals surface area contributed by atoms with E-state index in [1.54, 1.807) is 26.1 Å². The van der Waals surface area contributed by atoms with Gasteiger partial charge in [0.1, 0.15) is 5.75 Å². The third-order valence-corrected chi connectivity index (χ3v) is 3.95. The summed E-state index contributed by atoms with van der Waals surface area (Å²) < 4.78 is 33.5. The number of hydrogen-bond acceptors (Lipinski definition) is 2. The van der Waals surface area contributed by atoms with Crippen LogP contribution in [0.3, 0.4) is 0 Å². The van der Waals surface area contributed by atoms with Gasteiger partial charge in [-0.2, -0.15) is 0 Å². The number of halogens is 2. The van der Waals surface area contributed by atoms with E-state index < -0.39 is 11.6 Å². The minimum atomic E-state index is -0.786. The fraction of sp³-hybridized carbons (Fsp3) is 0.294. The molecule has 0 fully saturated rings. The molecule has 3 rings (SSSR count). The Bertz CT molecular complexity index is 685. The molecule has 21 heavy (non-hydrogen) atoms. The Morgan fingerprint density at radius 2 is 1.95 bits per heavy atom. The van der Waals surface area contributed by atoms with Gasteiger partial charge >= 0.3 is 0 Å². The van der Waals surface area contributed by atoms with Gasteiger partial charge in [-0.05, 0) is 36.7 Å². The van der Waals surface area contributed by atoms with Crippen molar-refractivity contribution in [2.45, 2.75) is 19.4 Å². The van der Waals surface area contributed by atoms with E-state index in [4.69, 9.17) is 4.74 Å². The van der Waals surface area contributed by atoms with Crippen LogP contribution in [-0.2, 0) is 6.42 Å². The van der Waals surface area contributed by atoms with Crippen LogP contribution in [0.25, 0.3) is 0 Å². The number of ether oxygens (including phenoxy) is 1. The highest BCUT2D eigenvalue weighted by atomic mass is 19.2. The van der Waals surface area contributed by atoms with Crippen LogP contribution in [0.4, 0.5) is 8.78 Å². The summed E-state index contributed by atoms with van der Waals surface area (Å²) >= 11 is 0. The lowest BCUT2D eigenvalue weighted by molar-refractivity contribution is 0.357. The third-order valence-electron chi connectivity index (χ3n) is 3.95. The molecule has 0 bridgehead atoms. The smallest absolute Gasteiger partial charge is 0.164 e. The molecular formula is C17H17F2NO. The molecular weight excluding hydrogens is 272 g/mol. The molecule has 4 heteroatoms. The zero-order valence-electron chi connectivity index (χ0n) is 12.0. The highest BCUT2D eigenvalue weighted by Gasteiger charge is 2.22. The van der Waals surface area contributed by atoms with Crippen LogP contribution in [0.15, 0.2) is 30.3 Å². The predicted octanol–water partition coefficient (Wildman–Crippen LogP) is 3.52. The van der Waals surface area contributed by atoms with Gasteiger partial charge in [-0.15, -0.1) is 0 Å². The van der Waals surface area contributed by atoms with Gasteiger partial charge in [0, 0.05) is 12.0 Å². The van der Waals surface area contributed by atoms with Crippen molar-refractivity contribution >= 4 is 0 Å². The SMILES string of the molecule is CNC(c1ccc2c(c1)CCO2)c1ccc(C)c(F)c1F. The van der Waals surface area contributed by atoms with Crippen molar-refractivity contribution in [3.05, 3.63) is 64.2 Å². The largest absolute Gasteiger partial charge is 0.493 e. The number of hydrogen-bond donors (Lipinski definition) is 1. The van der Waals surface area contributed by atoms with Crippen molar-refractivity contribution in [3.8, 4) is 5.75 Å². The Kier molecular flexibility index (Phi) is 3.64. The molecule has 1 atom stereocenters.